The highest BCUT2D eigenvalue weighted by atomic mass is 32.1. The molecule has 2 nitrogen and oxygen atoms in total. The third-order valence-corrected chi connectivity index (χ3v) is 4.16. The predicted octanol–water partition coefficient (Wildman–Crippen LogP) is 3.76. The lowest BCUT2D eigenvalue weighted by molar-refractivity contribution is 0.0701. The van der Waals surface area contributed by atoms with E-state index in [-0.39, 0.29) is 20.9 Å². The number of hydrogen-bond donors (Lipinski definition) is 1. The number of aromatic carboxylic acids is 1. The SMILES string of the molecule is O=C(O)c1sc2c(F)ccc(F)c2c1C1CC1. The van der Waals surface area contributed by atoms with E-state index in [1.165, 1.54) is 0 Å². The monoisotopic (exact) mass is 254 g/mol. The van der Waals surface area contributed by atoms with E-state index >= 15 is 0 Å². The first-order chi connectivity index (χ1) is 8.09. The zero-order chi connectivity index (χ0) is 12.2. The van der Waals surface area contributed by atoms with Crippen LogP contribution in [0.1, 0.15) is 34.0 Å². The summed E-state index contributed by atoms with van der Waals surface area (Å²) in [5, 5.41) is 9.25. The summed E-state index contributed by atoms with van der Waals surface area (Å²) in [5.41, 5.74) is 0.481. The average Bonchev–Trinajstić information content (AvgIpc) is 3.03. The molecule has 0 aliphatic heterocycles. The molecule has 1 aliphatic rings. The normalized spacial score (nSPS) is 15.4. The zero-order valence-electron chi connectivity index (χ0n) is 8.67. The molecule has 1 heterocycles. The topological polar surface area (TPSA) is 37.3 Å². The Hall–Kier alpha value is -1.49. The first kappa shape index (κ1) is 10.7. The van der Waals surface area contributed by atoms with Crippen molar-refractivity contribution < 1.29 is 18.7 Å². The summed E-state index contributed by atoms with van der Waals surface area (Å²) >= 11 is 0.827. The molecule has 1 aliphatic carbocycles. The molecule has 3 rings (SSSR count). The van der Waals surface area contributed by atoms with Crippen molar-refractivity contribution in [2.45, 2.75) is 18.8 Å². The summed E-state index contributed by atoms with van der Waals surface area (Å²) in [5.74, 6) is -2.12. The van der Waals surface area contributed by atoms with Crippen molar-refractivity contribution >= 4 is 27.4 Å². The number of halogens is 2. The molecule has 1 saturated carbocycles. The van der Waals surface area contributed by atoms with Crippen molar-refractivity contribution in [1.82, 2.24) is 0 Å². The Balaban J connectivity index is 2.42. The summed E-state index contributed by atoms with van der Waals surface area (Å²) in [7, 11) is 0. The molecule has 1 aromatic heterocycles. The van der Waals surface area contributed by atoms with Gasteiger partial charge in [0.2, 0.25) is 0 Å². The number of fused-ring (bicyclic) bond motifs is 1. The van der Waals surface area contributed by atoms with Gasteiger partial charge in [-0.1, -0.05) is 0 Å². The van der Waals surface area contributed by atoms with Crippen molar-refractivity contribution in [2.24, 2.45) is 0 Å². The van der Waals surface area contributed by atoms with Crippen LogP contribution in [0.25, 0.3) is 10.1 Å². The molecular formula is C12H8F2O2S. The van der Waals surface area contributed by atoms with Gasteiger partial charge in [0.05, 0.1) is 4.70 Å². The lowest BCUT2D eigenvalue weighted by Gasteiger charge is -1.99. The van der Waals surface area contributed by atoms with Crippen LogP contribution < -0.4 is 0 Å². The van der Waals surface area contributed by atoms with E-state index in [1.807, 2.05) is 0 Å². The smallest absolute Gasteiger partial charge is 0.346 e. The molecule has 0 bridgehead atoms. The molecule has 0 radical (unpaired) electrons. The highest BCUT2D eigenvalue weighted by Crippen LogP contribution is 2.49. The standard InChI is InChI=1S/C12H8F2O2S/c13-6-3-4-7(14)10-9(6)8(5-1-2-5)11(17-10)12(15)16/h3-5H,1-2H2,(H,15,16). The molecule has 0 saturated heterocycles. The van der Waals surface area contributed by atoms with Crippen LogP contribution >= 0.6 is 11.3 Å². The Morgan fingerprint density at radius 2 is 1.94 bits per heavy atom. The van der Waals surface area contributed by atoms with Crippen molar-refractivity contribution in [3.63, 3.8) is 0 Å². The lowest BCUT2D eigenvalue weighted by atomic mass is 10.1. The van der Waals surface area contributed by atoms with Crippen LogP contribution in [0.2, 0.25) is 0 Å². The summed E-state index contributed by atoms with van der Waals surface area (Å²) in [6, 6.07) is 2.10. The lowest BCUT2D eigenvalue weighted by Crippen LogP contribution is -1.96. The van der Waals surface area contributed by atoms with Gasteiger partial charge < -0.3 is 5.11 Å². The molecule has 0 atom stereocenters. The van der Waals surface area contributed by atoms with Crippen LogP contribution in [0, 0.1) is 11.6 Å². The molecule has 0 amide bonds. The van der Waals surface area contributed by atoms with Crippen LogP contribution in [0.15, 0.2) is 12.1 Å². The molecule has 88 valence electrons. The highest BCUT2D eigenvalue weighted by Gasteiger charge is 2.33. The Bertz CT molecular complexity index is 629. The number of carboxylic acid groups (broad SMARTS) is 1. The Morgan fingerprint density at radius 1 is 1.29 bits per heavy atom. The number of carboxylic acids is 1. The fourth-order valence-corrected chi connectivity index (χ4v) is 3.22. The third-order valence-electron chi connectivity index (χ3n) is 2.96. The van der Waals surface area contributed by atoms with Crippen molar-refractivity contribution in [3.8, 4) is 0 Å². The van der Waals surface area contributed by atoms with E-state index in [0.717, 1.165) is 36.3 Å². The number of carbonyl (C=O) groups is 1. The van der Waals surface area contributed by atoms with Gasteiger partial charge in [-0.05, 0) is 36.5 Å². The fourth-order valence-electron chi connectivity index (χ4n) is 2.07. The summed E-state index contributed by atoms with van der Waals surface area (Å²) in [6.07, 6.45) is 1.70. The Morgan fingerprint density at radius 3 is 2.53 bits per heavy atom. The summed E-state index contributed by atoms with van der Waals surface area (Å²) < 4.78 is 27.4. The minimum absolute atomic E-state index is 0.0751. The van der Waals surface area contributed by atoms with Gasteiger partial charge in [-0.3, -0.25) is 0 Å². The van der Waals surface area contributed by atoms with Gasteiger partial charge in [0, 0.05) is 5.39 Å². The second-order valence-electron chi connectivity index (χ2n) is 4.16. The average molecular weight is 254 g/mol. The first-order valence-corrected chi connectivity index (χ1v) is 6.05. The molecule has 1 fully saturated rings. The molecule has 17 heavy (non-hydrogen) atoms. The highest BCUT2D eigenvalue weighted by molar-refractivity contribution is 7.21. The van der Waals surface area contributed by atoms with Crippen LogP contribution in [-0.2, 0) is 0 Å². The van der Waals surface area contributed by atoms with Crippen LogP contribution in [0.5, 0.6) is 0 Å². The van der Waals surface area contributed by atoms with Gasteiger partial charge in [0.15, 0.2) is 0 Å². The fraction of sp³-hybridized carbons (Fsp3) is 0.250. The molecule has 1 N–H and O–H groups in total. The van der Waals surface area contributed by atoms with E-state index in [9.17, 15) is 13.6 Å². The van der Waals surface area contributed by atoms with Gasteiger partial charge >= 0.3 is 5.97 Å². The van der Waals surface area contributed by atoms with E-state index in [0.29, 0.717) is 5.56 Å². The molecule has 1 aromatic carbocycles. The largest absolute Gasteiger partial charge is 0.477 e. The predicted molar refractivity (Wildman–Crippen MR) is 60.7 cm³/mol. The minimum Gasteiger partial charge on any atom is -0.477 e. The number of benzene rings is 1. The maximum atomic E-state index is 13.7. The molecular weight excluding hydrogens is 246 g/mol. The number of rotatable bonds is 2. The van der Waals surface area contributed by atoms with Crippen LogP contribution in [-0.4, -0.2) is 11.1 Å². The van der Waals surface area contributed by atoms with Crippen LogP contribution in [0.3, 0.4) is 0 Å². The molecule has 0 spiro atoms. The Kier molecular flexibility index (Phi) is 2.19. The van der Waals surface area contributed by atoms with Gasteiger partial charge in [-0.15, -0.1) is 11.3 Å². The minimum atomic E-state index is -1.10. The molecule has 5 heteroatoms. The second-order valence-corrected chi connectivity index (χ2v) is 5.18. The zero-order valence-corrected chi connectivity index (χ0v) is 9.48. The van der Waals surface area contributed by atoms with Gasteiger partial charge in [0.1, 0.15) is 16.5 Å². The number of thiophene rings is 1. The van der Waals surface area contributed by atoms with E-state index in [4.69, 9.17) is 5.11 Å². The van der Waals surface area contributed by atoms with Crippen LogP contribution in [0.4, 0.5) is 8.78 Å². The quantitative estimate of drug-likeness (QED) is 0.886. The summed E-state index contributed by atoms with van der Waals surface area (Å²) in [4.78, 5) is 11.2. The Labute approximate surface area is 99.5 Å². The third kappa shape index (κ3) is 1.53. The molecule has 2 aromatic rings. The summed E-state index contributed by atoms with van der Waals surface area (Å²) in [6.45, 7) is 0. The van der Waals surface area contributed by atoms with Crippen molar-refractivity contribution in [3.05, 3.63) is 34.2 Å². The van der Waals surface area contributed by atoms with E-state index in [2.05, 4.69) is 0 Å². The van der Waals surface area contributed by atoms with Gasteiger partial charge in [-0.25, -0.2) is 13.6 Å². The van der Waals surface area contributed by atoms with E-state index < -0.39 is 17.6 Å². The number of hydrogen-bond acceptors (Lipinski definition) is 2. The van der Waals surface area contributed by atoms with Crippen molar-refractivity contribution in [2.75, 3.05) is 0 Å². The van der Waals surface area contributed by atoms with Gasteiger partial charge in [0.25, 0.3) is 0 Å². The first-order valence-electron chi connectivity index (χ1n) is 5.23. The van der Waals surface area contributed by atoms with Crippen molar-refractivity contribution in [1.29, 1.82) is 0 Å². The maximum Gasteiger partial charge on any atom is 0.346 e. The second kappa shape index (κ2) is 3.50. The van der Waals surface area contributed by atoms with Gasteiger partial charge in [-0.2, -0.15) is 0 Å². The molecule has 0 unspecified atom stereocenters. The maximum absolute atomic E-state index is 13.7. The van der Waals surface area contributed by atoms with E-state index in [1.54, 1.807) is 0 Å².